The molecule has 0 saturated carbocycles. The first-order valence-electron chi connectivity index (χ1n) is 5.02. The number of rotatable bonds is 4. The molecule has 0 aliphatic rings. The van der Waals surface area contributed by atoms with Crippen molar-refractivity contribution in [2.75, 3.05) is 7.11 Å². The van der Waals surface area contributed by atoms with Crippen LogP contribution in [0.25, 0.3) is 0 Å². The van der Waals surface area contributed by atoms with Crippen LogP contribution in [0.3, 0.4) is 0 Å². The lowest BCUT2D eigenvalue weighted by Crippen LogP contribution is -2.00. The maximum absolute atomic E-state index is 5.86. The Morgan fingerprint density at radius 3 is 2.65 bits per heavy atom. The highest BCUT2D eigenvalue weighted by molar-refractivity contribution is 6.31. The van der Waals surface area contributed by atoms with Gasteiger partial charge in [-0.05, 0) is 5.56 Å². The second-order valence-electron chi connectivity index (χ2n) is 3.28. The fourth-order valence-corrected chi connectivity index (χ4v) is 1.54. The van der Waals surface area contributed by atoms with Gasteiger partial charge in [0, 0.05) is 0 Å². The summed E-state index contributed by atoms with van der Waals surface area (Å²) in [6, 6.07) is 9.78. The smallest absolute Gasteiger partial charge is 0.262 e. The van der Waals surface area contributed by atoms with Crippen LogP contribution in [-0.4, -0.2) is 17.1 Å². The minimum Gasteiger partial charge on any atom is -0.489 e. The molecule has 17 heavy (non-hydrogen) atoms. The summed E-state index contributed by atoms with van der Waals surface area (Å²) in [5, 5.41) is 0.241. The Hall–Kier alpha value is -1.81. The van der Waals surface area contributed by atoms with Gasteiger partial charge in [0.05, 0.1) is 7.11 Å². The molecule has 0 saturated heterocycles. The Kier molecular flexibility index (Phi) is 3.77. The minimum absolute atomic E-state index is 0.241. The summed E-state index contributed by atoms with van der Waals surface area (Å²) in [6.45, 7) is 0.407. The maximum atomic E-state index is 5.86. The van der Waals surface area contributed by atoms with Crippen molar-refractivity contribution in [2.45, 2.75) is 6.61 Å². The van der Waals surface area contributed by atoms with Crippen molar-refractivity contribution in [2.24, 2.45) is 0 Å². The third-order valence-corrected chi connectivity index (χ3v) is 2.42. The number of hydrogen-bond donors (Lipinski definition) is 0. The molecule has 5 heteroatoms. The number of ether oxygens (including phenoxy) is 2. The van der Waals surface area contributed by atoms with E-state index in [2.05, 4.69) is 9.97 Å². The van der Waals surface area contributed by atoms with Crippen LogP contribution in [0.2, 0.25) is 5.15 Å². The van der Waals surface area contributed by atoms with Crippen LogP contribution in [-0.2, 0) is 6.61 Å². The highest BCUT2D eigenvalue weighted by Crippen LogP contribution is 2.30. The van der Waals surface area contributed by atoms with Gasteiger partial charge in [-0.25, -0.2) is 4.98 Å². The van der Waals surface area contributed by atoms with Crippen LogP contribution in [0.5, 0.6) is 11.6 Å². The van der Waals surface area contributed by atoms with E-state index < -0.39 is 0 Å². The van der Waals surface area contributed by atoms with Crippen LogP contribution in [0, 0.1) is 0 Å². The quantitative estimate of drug-likeness (QED) is 0.783. The molecule has 2 rings (SSSR count). The van der Waals surface area contributed by atoms with Gasteiger partial charge in [-0.1, -0.05) is 41.9 Å². The van der Waals surface area contributed by atoms with Gasteiger partial charge in [-0.2, -0.15) is 4.98 Å². The molecule has 0 amide bonds. The van der Waals surface area contributed by atoms with Crippen molar-refractivity contribution < 1.29 is 9.47 Å². The van der Waals surface area contributed by atoms with Gasteiger partial charge in [0.25, 0.3) is 5.88 Å². The van der Waals surface area contributed by atoms with Crippen molar-refractivity contribution in [1.29, 1.82) is 0 Å². The normalized spacial score (nSPS) is 10.0. The molecule has 4 nitrogen and oxygen atoms in total. The molecule has 0 N–H and O–H groups in total. The Morgan fingerprint density at radius 1 is 1.18 bits per heavy atom. The second-order valence-corrected chi connectivity index (χ2v) is 3.64. The summed E-state index contributed by atoms with van der Waals surface area (Å²) in [5.41, 5.74) is 1.05. The molecule has 0 spiro atoms. The van der Waals surface area contributed by atoms with E-state index in [0.717, 1.165) is 5.56 Å². The lowest BCUT2D eigenvalue weighted by atomic mass is 10.2. The molecule has 0 aliphatic carbocycles. The van der Waals surface area contributed by atoms with Crippen LogP contribution in [0.1, 0.15) is 5.56 Å². The first-order chi connectivity index (χ1) is 8.31. The Balaban J connectivity index is 2.12. The number of hydrogen-bond acceptors (Lipinski definition) is 4. The van der Waals surface area contributed by atoms with E-state index in [1.54, 1.807) is 0 Å². The predicted octanol–water partition coefficient (Wildman–Crippen LogP) is 2.72. The van der Waals surface area contributed by atoms with Gasteiger partial charge >= 0.3 is 0 Å². The molecule has 1 aromatic carbocycles. The van der Waals surface area contributed by atoms with Crippen molar-refractivity contribution >= 4 is 11.6 Å². The van der Waals surface area contributed by atoms with E-state index in [1.807, 2.05) is 30.3 Å². The lowest BCUT2D eigenvalue weighted by Gasteiger charge is -2.09. The second kappa shape index (κ2) is 5.50. The summed E-state index contributed by atoms with van der Waals surface area (Å²) >= 11 is 5.86. The fourth-order valence-electron chi connectivity index (χ4n) is 1.34. The van der Waals surface area contributed by atoms with E-state index in [0.29, 0.717) is 18.2 Å². The zero-order valence-corrected chi connectivity index (χ0v) is 10.0. The predicted molar refractivity (Wildman–Crippen MR) is 64.4 cm³/mol. The van der Waals surface area contributed by atoms with Crippen LogP contribution >= 0.6 is 11.6 Å². The molecule has 1 aromatic heterocycles. The van der Waals surface area contributed by atoms with Crippen molar-refractivity contribution in [3.8, 4) is 11.6 Å². The largest absolute Gasteiger partial charge is 0.489 e. The Labute approximate surface area is 104 Å². The van der Waals surface area contributed by atoms with Gasteiger partial charge in [-0.3, -0.25) is 0 Å². The lowest BCUT2D eigenvalue weighted by molar-refractivity contribution is 0.271. The molecule has 0 radical (unpaired) electrons. The zero-order valence-electron chi connectivity index (χ0n) is 9.26. The number of benzene rings is 1. The molecular weight excluding hydrogens is 240 g/mol. The fraction of sp³-hybridized carbons (Fsp3) is 0.167. The number of nitrogens with zero attached hydrogens (tertiary/aromatic N) is 2. The monoisotopic (exact) mass is 250 g/mol. The third-order valence-electron chi connectivity index (χ3n) is 2.15. The average molecular weight is 251 g/mol. The van der Waals surface area contributed by atoms with Gasteiger partial charge in [0.15, 0.2) is 5.15 Å². The molecule has 0 bridgehead atoms. The van der Waals surface area contributed by atoms with Crippen molar-refractivity contribution in [3.05, 3.63) is 47.4 Å². The summed E-state index contributed by atoms with van der Waals surface area (Å²) in [4.78, 5) is 7.80. The van der Waals surface area contributed by atoms with Gasteiger partial charge < -0.3 is 9.47 Å². The number of aromatic nitrogens is 2. The zero-order chi connectivity index (χ0) is 12.1. The average Bonchev–Trinajstić information content (AvgIpc) is 2.37. The van der Waals surface area contributed by atoms with Crippen LogP contribution in [0.4, 0.5) is 0 Å². The van der Waals surface area contributed by atoms with E-state index in [4.69, 9.17) is 21.1 Å². The maximum Gasteiger partial charge on any atom is 0.262 e. The Morgan fingerprint density at radius 2 is 1.94 bits per heavy atom. The molecule has 2 aromatic rings. The summed E-state index contributed by atoms with van der Waals surface area (Å²) in [5.74, 6) is 0.696. The van der Waals surface area contributed by atoms with Gasteiger partial charge in [-0.15, -0.1) is 0 Å². The van der Waals surface area contributed by atoms with Gasteiger partial charge in [0.2, 0.25) is 5.75 Å². The summed E-state index contributed by atoms with van der Waals surface area (Å²) in [7, 11) is 1.50. The minimum atomic E-state index is 0.241. The molecule has 0 fully saturated rings. The van der Waals surface area contributed by atoms with E-state index in [1.165, 1.54) is 13.4 Å². The van der Waals surface area contributed by atoms with Crippen molar-refractivity contribution in [1.82, 2.24) is 9.97 Å². The Bertz CT molecular complexity index is 491. The summed E-state index contributed by atoms with van der Waals surface area (Å²) in [6.07, 6.45) is 1.34. The molecular formula is C12H11ClN2O2. The summed E-state index contributed by atoms with van der Waals surface area (Å²) < 4.78 is 10.6. The van der Waals surface area contributed by atoms with Gasteiger partial charge in [0.1, 0.15) is 12.9 Å². The first kappa shape index (κ1) is 11.7. The standard InChI is InChI=1S/C12H11ClN2O2/c1-16-10-11(13)14-8-15-12(10)17-7-9-5-3-2-4-6-9/h2-6,8H,7H2,1H3. The van der Waals surface area contributed by atoms with Crippen molar-refractivity contribution in [3.63, 3.8) is 0 Å². The highest BCUT2D eigenvalue weighted by Gasteiger charge is 2.11. The van der Waals surface area contributed by atoms with Crippen LogP contribution < -0.4 is 9.47 Å². The van der Waals surface area contributed by atoms with E-state index in [9.17, 15) is 0 Å². The SMILES string of the molecule is COc1c(Cl)ncnc1OCc1ccccc1. The molecule has 0 unspecified atom stereocenters. The molecule has 1 heterocycles. The molecule has 0 aliphatic heterocycles. The third kappa shape index (κ3) is 2.85. The van der Waals surface area contributed by atoms with E-state index in [-0.39, 0.29) is 5.15 Å². The molecule has 0 atom stereocenters. The van der Waals surface area contributed by atoms with Crippen LogP contribution in [0.15, 0.2) is 36.7 Å². The number of methoxy groups -OCH3 is 1. The van der Waals surface area contributed by atoms with E-state index >= 15 is 0 Å². The first-order valence-corrected chi connectivity index (χ1v) is 5.40. The number of halogens is 1. The highest BCUT2D eigenvalue weighted by atomic mass is 35.5. The molecule has 88 valence electrons. The topological polar surface area (TPSA) is 44.2 Å².